The van der Waals surface area contributed by atoms with Crippen LogP contribution in [0, 0.1) is 0 Å². The Morgan fingerprint density at radius 3 is 2.73 bits per heavy atom. The lowest BCUT2D eigenvalue weighted by molar-refractivity contribution is 0.282. The molecule has 0 radical (unpaired) electrons. The van der Waals surface area contributed by atoms with Gasteiger partial charge in [-0.25, -0.2) is 0 Å². The van der Waals surface area contributed by atoms with Crippen LogP contribution in [0.2, 0.25) is 5.02 Å². The number of aliphatic hydroxyl groups is 1. The van der Waals surface area contributed by atoms with Crippen molar-refractivity contribution in [3.05, 3.63) is 35.0 Å². The summed E-state index contributed by atoms with van der Waals surface area (Å²) in [5, 5.41) is 10.8. The Morgan fingerprint density at radius 1 is 1.40 bits per heavy atom. The molecule has 3 heteroatoms. The van der Waals surface area contributed by atoms with Gasteiger partial charge >= 0.3 is 0 Å². The zero-order chi connectivity index (χ0) is 11.0. The number of aromatic nitrogens is 1. The lowest BCUT2D eigenvalue weighted by Crippen LogP contribution is -1.97. The molecule has 1 N–H and O–H groups in total. The Morgan fingerprint density at radius 2 is 2.13 bits per heavy atom. The standard InChI is InChI=1S/C12H14ClNO/c1-8(2)14-6-11(13)10-5-9(7-15)3-4-12(10)14/h3-6,8,15H,7H2,1-2H3. The smallest absolute Gasteiger partial charge is 0.0682 e. The summed E-state index contributed by atoms with van der Waals surface area (Å²) >= 11 is 6.15. The predicted molar refractivity (Wildman–Crippen MR) is 63.3 cm³/mol. The van der Waals surface area contributed by atoms with Gasteiger partial charge in [0.25, 0.3) is 0 Å². The van der Waals surface area contributed by atoms with Crippen LogP contribution in [-0.2, 0) is 6.61 Å². The average molecular weight is 224 g/mol. The second-order valence-corrected chi connectivity index (χ2v) is 4.39. The second kappa shape index (κ2) is 3.87. The maximum atomic E-state index is 9.05. The molecule has 15 heavy (non-hydrogen) atoms. The number of hydrogen-bond donors (Lipinski definition) is 1. The Balaban J connectivity index is 2.69. The van der Waals surface area contributed by atoms with E-state index in [0.29, 0.717) is 6.04 Å². The van der Waals surface area contributed by atoms with E-state index in [4.69, 9.17) is 16.7 Å². The topological polar surface area (TPSA) is 25.2 Å². The molecule has 0 unspecified atom stereocenters. The number of hydrogen-bond acceptors (Lipinski definition) is 1. The van der Waals surface area contributed by atoms with E-state index in [2.05, 4.69) is 18.4 Å². The van der Waals surface area contributed by atoms with E-state index in [1.54, 1.807) is 0 Å². The van der Waals surface area contributed by atoms with E-state index in [1.165, 1.54) is 0 Å². The summed E-state index contributed by atoms with van der Waals surface area (Å²) in [6, 6.07) is 6.26. The summed E-state index contributed by atoms with van der Waals surface area (Å²) in [6.45, 7) is 4.30. The third kappa shape index (κ3) is 1.75. The lowest BCUT2D eigenvalue weighted by Gasteiger charge is -2.08. The highest BCUT2D eigenvalue weighted by Gasteiger charge is 2.09. The fourth-order valence-electron chi connectivity index (χ4n) is 1.79. The third-order valence-electron chi connectivity index (χ3n) is 2.59. The first kappa shape index (κ1) is 10.5. The van der Waals surface area contributed by atoms with Crippen molar-refractivity contribution in [2.24, 2.45) is 0 Å². The number of aliphatic hydroxyl groups excluding tert-OH is 1. The van der Waals surface area contributed by atoms with E-state index in [0.717, 1.165) is 21.5 Å². The molecule has 0 atom stereocenters. The van der Waals surface area contributed by atoms with Gasteiger partial charge in [-0.05, 0) is 31.5 Å². The van der Waals surface area contributed by atoms with E-state index in [-0.39, 0.29) is 6.61 Å². The van der Waals surface area contributed by atoms with Crippen molar-refractivity contribution in [2.75, 3.05) is 0 Å². The van der Waals surface area contributed by atoms with Crippen molar-refractivity contribution in [1.82, 2.24) is 4.57 Å². The number of rotatable bonds is 2. The largest absolute Gasteiger partial charge is 0.392 e. The van der Waals surface area contributed by atoms with Crippen LogP contribution in [0.25, 0.3) is 10.9 Å². The van der Waals surface area contributed by atoms with Crippen LogP contribution >= 0.6 is 11.6 Å². The van der Waals surface area contributed by atoms with Crippen LogP contribution in [0.15, 0.2) is 24.4 Å². The average Bonchev–Trinajstić information content (AvgIpc) is 2.56. The van der Waals surface area contributed by atoms with Crippen LogP contribution in [0.5, 0.6) is 0 Å². The van der Waals surface area contributed by atoms with Gasteiger partial charge in [-0.3, -0.25) is 0 Å². The highest BCUT2D eigenvalue weighted by atomic mass is 35.5. The molecule has 0 saturated heterocycles. The van der Waals surface area contributed by atoms with Gasteiger partial charge in [-0.1, -0.05) is 17.7 Å². The fourth-order valence-corrected chi connectivity index (χ4v) is 2.04. The van der Waals surface area contributed by atoms with Gasteiger partial charge in [0.1, 0.15) is 0 Å². The fraction of sp³-hybridized carbons (Fsp3) is 0.333. The summed E-state index contributed by atoms with van der Waals surface area (Å²) < 4.78 is 2.14. The molecule has 0 spiro atoms. The Bertz CT molecular complexity index is 488. The Labute approximate surface area is 94.1 Å². The first-order valence-corrected chi connectivity index (χ1v) is 5.41. The number of benzene rings is 1. The minimum atomic E-state index is 0.0547. The summed E-state index contributed by atoms with van der Waals surface area (Å²) in [7, 11) is 0. The maximum absolute atomic E-state index is 9.05. The van der Waals surface area contributed by atoms with E-state index in [1.807, 2.05) is 24.4 Å². The molecule has 0 bridgehead atoms. The minimum absolute atomic E-state index is 0.0547. The molecule has 0 saturated carbocycles. The molecular weight excluding hydrogens is 210 g/mol. The highest BCUT2D eigenvalue weighted by Crippen LogP contribution is 2.29. The number of nitrogens with zero attached hydrogens (tertiary/aromatic N) is 1. The van der Waals surface area contributed by atoms with Crippen molar-refractivity contribution in [3.63, 3.8) is 0 Å². The van der Waals surface area contributed by atoms with Gasteiger partial charge in [0.05, 0.1) is 11.6 Å². The van der Waals surface area contributed by atoms with Gasteiger partial charge in [-0.15, -0.1) is 0 Å². The molecule has 80 valence electrons. The molecule has 1 heterocycles. The Kier molecular flexibility index (Phi) is 2.72. The summed E-state index contributed by atoms with van der Waals surface area (Å²) in [5.41, 5.74) is 2.01. The zero-order valence-electron chi connectivity index (χ0n) is 8.87. The summed E-state index contributed by atoms with van der Waals surface area (Å²) in [5.74, 6) is 0. The molecule has 2 nitrogen and oxygen atoms in total. The molecule has 1 aromatic heterocycles. The van der Waals surface area contributed by atoms with Crippen LogP contribution in [0.1, 0.15) is 25.5 Å². The molecule has 0 fully saturated rings. The second-order valence-electron chi connectivity index (χ2n) is 3.99. The first-order valence-electron chi connectivity index (χ1n) is 5.03. The van der Waals surface area contributed by atoms with Crippen LogP contribution in [-0.4, -0.2) is 9.67 Å². The number of fused-ring (bicyclic) bond motifs is 1. The van der Waals surface area contributed by atoms with Crippen molar-refractivity contribution in [2.45, 2.75) is 26.5 Å². The van der Waals surface area contributed by atoms with Gasteiger partial charge in [0.15, 0.2) is 0 Å². The van der Waals surface area contributed by atoms with Gasteiger partial charge in [0.2, 0.25) is 0 Å². The summed E-state index contributed by atoms with van der Waals surface area (Å²) in [4.78, 5) is 0. The van der Waals surface area contributed by atoms with Gasteiger partial charge in [0, 0.05) is 23.1 Å². The van der Waals surface area contributed by atoms with Crippen molar-refractivity contribution in [3.8, 4) is 0 Å². The van der Waals surface area contributed by atoms with E-state index < -0.39 is 0 Å². The molecule has 0 aliphatic heterocycles. The minimum Gasteiger partial charge on any atom is -0.392 e. The molecular formula is C12H14ClNO. The van der Waals surface area contributed by atoms with Gasteiger partial charge in [-0.2, -0.15) is 0 Å². The molecule has 0 amide bonds. The number of halogens is 1. The zero-order valence-corrected chi connectivity index (χ0v) is 9.62. The van der Waals surface area contributed by atoms with Gasteiger partial charge < -0.3 is 9.67 Å². The molecule has 2 rings (SSSR count). The summed E-state index contributed by atoms with van der Waals surface area (Å²) in [6.07, 6.45) is 1.94. The highest BCUT2D eigenvalue weighted by molar-refractivity contribution is 6.35. The third-order valence-corrected chi connectivity index (χ3v) is 2.89. The maximum Gasteiger partial charge on any atom is 0.0682 e. The lowest BCUT2D eigenvalue weighted by atomic mass is 10.1. The van der Waals surface area contributed by atoms with Crippen LogP contribution in [0.4, 0.5) is 0 Å². The SMILES string of the molecule is CC(C)n1cc(Cl)c2cc(CO)ccc21. The monoisotopic (exact) mass is 223 g/mol. The molecule has 0 aliphatic carbocycles. The normalized spacial score (nSPS) is 11.5. The van der Waals surface area contributed by atoms with E-state index in [9.17, 15) is 0 Å². The van der Waals surface area contributed by atoms with Crippen molar-refractivity contribution >= 4 is 22.5 Å². The van der Waals surface area contributed by atoms with Crippen LogP contribution in [0.3, 0.4) is 0 Å². The predicted octanol–water partition coefficient (Wildman–Crippen LogP) is 3.37. The molecule has 2 aromatic rings. The van der Waals surface area contributed by atoms with E-state index >= 15 is 0 Å². The first-order chi connectivity index (χ1) is 7.13. The molecule has 1 aromatic carbocycles. The molecule has 0 aliphatic rings. The quantitative estimate of drug-likeness (QED) is 0.830. The Hall–Kier alpha value is -0.990. The van der Waals surface area contributed by atoms with Crippen molar-refractivity contribution in [1.29, 1.82) is 0 Å². The van der Waals surface area contributed by atoms with Crippen LogP contribution < -0.4 is 0 Å². The van der Waals surface area contributed by atoms with Crippen molar-refractivity contribution < 1.29 is 5.11 Å².